The van der Waals surface area contributed by atoms with Crippen LogP contribution in [-0.4, -0.2) is 43.6 Å². The Labute approximate surface area is 225 Å². The van der Waals surface area contributed by atoms with E-state index in [0.29, 0.717) is 44.6 Å². The molecule has 198 valence electrons. The van der Waals surface area contributed by atoms with Crippen molar-refractivity contribution in [2.75, 3.05) is 19.6 Å². The van der Waals surface area contributed by atoms with Crippen LogP contribution in [-0.2, 0) is 21.2 Å². The number of ether oxygens (including phenoxy) is 1. The zero-order valence-electron chi connectivity index (χ0n) is 21.0. The monoisotopic (exact) mass is 542 g/mol. The summed E-state index contributed by atoms with van der Waals surface area (Å²) in [5, 5.41) is 9.98. The maximum atomic E-state index is 14.0. The van der Waals surface area contributed by atoms with Crippen molar-refractivity contribution in [3.05, 3.63) is 101 Å². The second-order valence-electron chi connectivity index (χ2n) is 9.88. The number of nitrogens with zero attached hydrogens (tertiary/aromatic N) is 1. The van der Waals surface area contributed by atoms with Crippen molar-refractivity contribution in [2.45, 2.75) is 43.6 Å². The number of phenolic OH excluding ortho intramolecular Hbond substituents is 1. The molecule has 8 heteroatoms. The molecule has 0 spiro atoms. The predicted molar refractivity (Wildman–Crippen MR) is 148 cm³/mol. The largest absolute Gasteiger partial charge is 0.507 e. The summed E-state index contributed by atoms with van der Waals surface area (Å²) in [6, 6.07) is 22.8. The fraction of sp³-hybridized carbons (Fsp3) is 0.379. The zero-order valence-corrected chi connectivity index (χ0v) is 22.6. The third-order valence-electron chi connectivity index (χ3n) is 7.71. The number of rotatable bonds is 6. The van der Waals surface area contributed by atoms with E-state index in [-0.39, 0.29) is 30.5 Å². The molecule has 0 saturated carbocycles. The first-order valence-electron chi connectivity index (χ1n) is 12.7. The van der Waals surface area contributed by atoms with E-state index in [2.05, 4.69) is 0 Å². The summed E-state index contributed by atoms with van der Waals surface area (Å²) in [5.74, 6) is 0.526. The highest BCUT2D eigenvalue weighted by Gasteiger charge is 2.40. The number of aryl methyl sites for hydroxylation is 1. The zero-order chi connectivity index (χ0) is 25.3. The van der Waals surface area contributed by atoms with Gasteiger partial charge in [-0.25, -0.2) is 12.7 Å². The van der Waals surface area contributed by atoms with Crippen LogP contribution in [0.2, 0.25) is 0 Å². The van der Waals surface area contributed by atoms with Gasteiger partial charge in [-0.2, -0.15) is 0 Å². The van der Waals surface area contributed by atoms with Crippen molar-refractivity contribution >= 4 is 22.4 Å². The molecule has 5 rings (SSSR count). The Balaban J connectivity index is 0.00000320. The number of benzene rings is 3. The van der Waals surface area contributed by atoms with Crippen LogP contribution in [0.1, 0.15) is 52.0 Å². The van der Waals surface area contributed by atoms with Gasteiger partial charge in [0.15, 0.2) is 0 Å². The summed E-state index contributed by atoms with van der Waals surface area (Å²) in [4.78, 5) is 0. The van der Waals surface area contributed by atoms with E-state index in [9.17, 15) is 13.5 Å². The van der Waals surface area contributed by atoms with E-state index in [1.54, 1.807) is 4.31 Å². The lowest BCUT2D eigenvalue weighted by molar-refractivity contribution is -0.0612. The summed E-state index contributed by atoms with van der Waals surface area (Å²) in [6.07, 6.45) is 1.68. The molecule has 0 aliphatic carbocycles. The third-order valence-corrected chi connectivity index (χ3v) is 9.94. The van der Waals surface area contributed by atoms with Crippen LogP contribution in [0.4, 0.5) is 0 Å². The predicted octanol–water partition coefficient (Wildman–Crippen LogP) is 4.89. The van der Waals surface area contributed by atoms with Crippen LogP contribution in [0, 0.1) is 12.8 Å². The third kappa shape index (κ3) is 5.42. The molecule has 3 N–H and O–H groups in total. The van der Waals surface area contributed by atoms with E-state index in [1.165, 1.54) is 0 Å². The summed E-state index contributed by atoms with van der Waals surface area (Å²) < 4.78 is 36.0. The highest BCUT2D eigenvalue weighted by Crippen LogP contribution is 2.41. The topological polar surface area (TPSA) is 92.9 Å². The van der Waals surface area contributed by atoms with Crippen LogP contribution in [0.3, 0.4) is 0 Å². The number of piperidine rings is 1. The van der Waals surface area contributed by atoms with Crippen molar-refractivity contribution < 1.29 is 18.3 Å². The molecule has 37 heavy (non-hydrogen) atoms. The van der Waals surface area contributed by atoms with Crippen molar-refractivity contribution in [1.29, 1.82) is 0 Å². The Morgan fingerprint density at radius 3 is 2.08 bits per heavy atom. The van der Waals surface area contributed by atoms with Gasteiger partial charge in [0.2, 0.25) is 10.0 Å². The van der Waals surface area contributed by atoms with Crippen molar-refractivity contribution in [3.63, 3.8) is 0 Å². The lowest BCUT2D eigenvalue weighted by Gasteiger charge is -2.40. The standard InChI is InChI=1S/C29H34N2O4S.ClH/c1-20-12-13-24-25(28(20)32)18-26(35-27(24)19-30)21-14-16-31(17-15-21)36(33,34)29(22-8-4-2-5-9-22)23-10-6-3-7-11-23;/h2-13,21,26-27,29,32H,14-19,30H2,1H3;1H/t26-,27-;/m0./s1. The van der Waals surface area contributed by atoms with Gasteiger partial charge in [-0.15, -0.1) is 12.4 Å². The Hall–Kier alpha value is -2.42. The Morgan fingerprint density at radius 1 is 0.973 bits per heavy atom. The number of nitrogens with two attached hydrogens (primary N) is 1. The fourth-order valence-corrected chi connectivity index (χ4v) is 7.74. The van der Waals surface area contributed by atoms with Gasteiger partial charge in [0, 0.05) is 31.6 Å². The minimum Gasteiger partial charge on any atom is -0.507 e. The van der Waals surface area contributed by atoms with Crippen molar-refractivity contribution in [1.82, 2.24) is 4.31 Å². The highest BCUT2D eigenvalue weighted by molar-refractivity contribution is 7.89. The average molecular weight is 543 g/mol. The van der Waals surface area contributed by atoms with E-state index >= 15 is 0 Å². The molecule has 0 radical (unpaired) electrons. The van der Waals surface area contributed by atoms with Crippen LogP contribution in [0.5, 0.6) is 5.75 Å². The average Bonchev–Trinajstić information content (AvgIpc) is 2.91. The Kier molecular flexibility index (Phi) is 8.61. The number of aromatic hydroxyl groups is 1. The van der Waals surface area contributed by atoms with Gasteiger partial charge in [0.1, 0.15) is 11.0 Å². The Bertz CT molecular complexity index is 1260. The Morgan fingerprint density at radius 2 is 1.54 bits per heavy atom. The molecule has 1 saturated heterocycles. The quantitative estimate of drug-likeness (QED) is 0.462. The number of hydrogen-bond donors (Lipinski definition) is 2. The normalized spacial score (nSPS) is 20.8. The molecule has 0 amide bonds. The van der Waals surface area contributed by atoms with Crippen molar-refractivity contribution in [2.24, 2.45) is 11.7 Å². The number of sulfonamides is 1. The number of fused-ring (bicyclic) bond motifs is 1. The van der Waals surface area contributed by atoms with Gasteiger partial charge in [-0.3, -0.25) is 0 Å². The second-order valence-corrected chi connectivity index (χ2v) is 11.9. The molecule has 6 nitrogen and oxygen atoms in total. The summed E-state index contributed by atoms with van der Waals surface area (Å²) in [6.45, 7) is 3.14. The van der Waals surface area contributed by atoms with Gasteiger partial charge in [-0.1, -0.05) is 72.8 Å². The number of hydrogen-bond acceptors (Lipinski definition) is 5. The molecule has 3 aromatic carbocycles. The smallest absolute Gasteiger partial charge is 0.225 e. The highest BCUT2D eigenvalue weighted by atomic mass is 35.5. The molecular weight excluding hydrogens is 508 g/mol. The van der Waals surface area contributed by atoms with Gasteiger partial charge >= 0.3 is 0 Å². The number of phenols is 1. The molecule has 0 aromatic heterocycles. The SMILES string of the molecule is Cc1ccc2c(c1O)C[C@@H](C1CCN(S(=O)(=O)C(c3ccccc3)c3ccccc3)CC1)O[C@H]2CN.Cl. The first-order chi connectivity index (χ1) is 17.4. The summed E-state index contributed by atoms with van der Waals surface area (Å²) in [7, 11) is -3.63. The fourth-order valence-electron chi connectivity index (χ4n) is 5.72. The molecule has 2 heterocycles. The number of halogens is 1. The van der Waals surface area contributed by atoms with Crippen LogP contribution in [0.25, 0.3) is 0 Å². The maximum Gasteiger partial charge on any atom is 0.225 e. The van der Waals surface area contributed by atoms with Crippen LogP contribution >= 0.6 is 12.4 Å². The second kappa shape index (κ2) is 11.5. The molecular formula is C29H35ClN2O4S. The molecule has 2 aliphatic rings. The first kappa shape index (κ1) is 27.6. The molecule has 2 atom stereocenters. The first-order valence-corrected chi connectivity index (χ1v) is 14.2. The van der Waals surface area contributed by atoms with Gasteiger partial charge in [0.05, 0.1) is 12.2 Å². The summed E-state index contributed by atoms with van der Waals surface area (Å²) >= 11 is 0. The molecule has 2 aliphatic heterocycles. The van der Waals surface area contributed by atoms with E-state index in [1.807, 2.05) is 79.7 Å². The molecule has 1 fully saturated rings. The minimum atomic E-state index is -3.63. The maximum absolute atomic E-state index is 14.0. The van der Waals surface area contributed by atoms with Gasteiger partial charge in [-0.05, 0) is 47.9 Å². The lowest BCUT2D eigenvalue weighted by Crippen LogP contribution is -2.45. The minimum absolute atomic E-state index is 0. The van der Waals surface area contributed by atoms with Gasteiger partial charge in [0.25, 0.3) is 0 Å². The molecule has 0 unspecified atom stereocenters. The summed E-state index contributed by atoms with van der Waals surface area (Å²) in [5.41, 5.74) is 10.3. The molecule has 0 bridgehead atoms. The molecule has 3 aromatic rings. The van der Waals surface area contributed by atoms with Crippen LogP contribution in [0.15, 0.2) is 72.8 Å². The van der Waals surface area contributed by atoms with Gasteiger partial charge < -0.3 is 15.6 Å². The lowest BCUT2D eigenvalue weighted by atomic mass is 9.83. The van der Waals surface area contributed by atoms with Crippen molar-refractivity contribution in [3.8, 4) is 5.75 Å². The van der Waals surface area contributed by atoms with E-state index in [0.717, 1.165) is 27.8 Å². The van der Waals surface area contributed by atoms with E-state index < -0.39 is 15.3 Å². The van der Waals surface area contributed by atoms with E-state index in [4.69, 9.17) is 10.5 Å². The van der Waals surface area contributed by atoms with Crippen LogP contribution < -0.4 is 5.73 Å².